The number of nitrogens with zero attached hydrogens (tertiary/aromatic N) is 1. The summed E-state index contributed by atoms with van der Waals surface area (Å²) in [5, 5.41) is 3.79. The van der Waals surface area contributed by atoms with Crippen molar-refractivity contribution in [2.24, 2.45) is 4.99 Å². The number of para-hydroxylation sites is 1. The minimum atomic E-state index is -0.197. The lowest BCUT2D eigenvalue weighted by atomic mass is 10.1. The quantitative estimate of drug-likeness (QED) is 0.595. The third-order valence-corrected chi connectivity index (χ3v) is 5.62. The lowest BCUT2D eigenvalue weighted by Gasteiger charge is -2.17. The van der Waals surface area contributed by atoms with E-state index < -0.39 is 0 Å². The van der Waals surface area contributed by atoms with Crippen LogP contribution in [-0.4, -0.2) is 24.3 Å². The second-order valence-electron chi connectivity index (χ2n) is 6.64. The number of ether oxygens (including phenoxy) is 2. The van der Waals surface area contributed by atoms with Gasteiger partial charge in [0.25, 0.3) is 5.91 Å². The van der Waals surface area contributed by atoms with Crippen LogP contribution in [0.15, 0.2) is 46.3 Å². The second kappa shape index (κ2) is 9.37. The second-order valence-corrected chi connectivity index (χ2v) is 8.08. The summed E-state index contributed by atoms with van der Waals surface area (Å²) in [6, 6.07) is 11.3. The van der Waals surface area contributed by atoms with Crippen LogP contribution in [-0.2, 0) is 4.79 Å². The SMILES string of the molecule is CCC(C)Oc1c(Cl)cc(/C=C2\SC(=Nc3ccccc3C)NC2=O)cc1OC. The number of halogens is 1. The third kappa shape index (κ3) is 5.14. The van der Waals surface area contributed by atoms with Crippen LogP contribution in [0.5, 0.6) is 11.5 Å². The molecule has 2 aromatic carbocycles. The van der Waals surface area contributed by atoms with E-state index in [1.165, 1.54) is 11.8 Å². The average molecular weight is 431 g/mol. The van der Waals surface area contributed by atoms with Gasteiger partial charge in [-0.25, -0.2) is 4.99 Å². The zero-order chi connectivity index (χ0) is 21.0. The standard InChI is InChI=1S/C22H23ClN2O3S/c1-5-14(3)28-20-16(23)10-15(11-18(20)27-4)12-19-21(26)25-22(29-19)24-17-9-7-6-8-13(17)2/h6-12,14H,5H2,1-4H3,(H,24,25,26)/b19-12-. The predicted molar refractivity (Wildman–Crippen MR) is 120 cm³/mol. The summed E-state index contributed by atoms with van der Waals surface area (Å²) in [5.41, 5.74) is 2.62. The number of benzene rings is 2. The highest BCUT2D eigenvalue weighted by atomic mass is 35.5. The van der Waals surface area contributed by atoms with Gasteiger partial charge < -0.3 is 14.8 Å². The van der Waals surface area contributed by atoms with Crippen LogP contribution in [0.3, 0.4) is 0 Å². The molecule has 0 radical (unpaired) electrons. The van der Waals surface area contributed by atoms with Crippen molar-refractivity contribution >= 4 is 46.2 Å². The lowest BCUT2D eigenvalue weighted by molar-refractivity contribution is -0.115. The first-order chi connectivity index (χ1) is 13.9. The van der Waals surface area contributed by atoms with E-state index in [4.69, 9.17) is 21.1 Å². The van der Waals surface area contributed by atoms with Crippen LogP contribution < -0.4 is 14.8 Å². The Balaban J connectivity index is 1.87. The first kappa shape index (κ1) is 21.3. The number of amidine groups is 1. The topological polar surface area (TPSA) is 59.9 Å². The predicted octanol–water partition coefficient (Wildman–Crippen LogP) is 5.73. The van der Waals surface area contributed by atoms with E-state index in [2.05, 4.69) is 10.3 Å². The third-order valence-electron chi connectivity index (χ3n) is 4.43. The highest BCUT2D eigenvalue weighted by Crippen LogP contribution is 2.39. The normalized spacial score (nSPS) is 17.5. The van der Waals surface area contributed by atoms with Crippen LogP contribution >= 0.6 is 23.4 Å². The summed E-state index contributed by atoms with van der Waals surface area (Å²) >= 11 is 7.71. The molecule has 0 bridgehead atoms. The molecule has 0 spiro atoms. The molecule has 1 fully saturated rings. The first-order valence-electron chi connectivity index (χ1n) is 9.30. The van der Waals surface area contributed by atoms with Gasteiger partial charge in [0.1, 0.15) is 0 Å². The van der Waals surface area contributed by atoms with Gasteiger partial charge in [0.2, 0.25) is 0 Å². The van der Waals surface area contributed by atoms with E-state index in [1.807, 2.05) is 45.0 Å². The Morgan fingerprint density at radius 2 is 2.07 bits per heavy atom. The molecule has 1 atom stereocenters. The largest absolute Gasteiger partial charge is 0.493 e. The maximum atomic E-state index is 12.4. The number of hydrogen-bond donors (Lipinski definition) is 1. The molecule has 0 saturated carbocycles. The minimum absolute atomic E-state index is 0.0157. The molecule has 152 valence electrons. The van der Waals surface area contributed by atoms with Gasteiger partial charge in [0.05, 0.1) is 28.8 Å². The van der Waals surface area contributed by atoms with E-state index in [9.17, 15) is 4.79 Å². The van der Waals surface area contributed by atoms with Gasteiger partial charge in [-0.2, -0.15) is 0 Å². The molecule has 5 nitrogen and oxygen atoms in total. The molecule has 1 saturated heterocycles. The number of aliphatic imine (C=N–C) groups is 1. The Morgan fingerprint density at radius 1 is 1.31 bits per heavy atom. The fourth-order valence-electron chi connectivity index (χ4n) is 2.65. The highest BCUT2D eigenvalue weighted by Gasteiger charge is 2.24. The molecular formula is C22H23ClN2O3S. The minimum Gasteiger partial charge on any atom is -0.493 e. The number of hydrogen-bond acceptors (Lipinski definition) is 5. The van der Waals surface area contributed by atoms with Gasteiger partial charge in [0, 0.05) is 0 Å². The van der Waals surface area contributed by atoms with Gasteiger partial charge >= 0.3 is 0 Å². The number of thioether (sulfide) groups is 1. The molecule has 0 aliphatic carbocycles. The first-order valence-corrected chi connectivity index (χ1v) is 10.5. The van der Waals surface area contributed by atoms with E-state index in [0.717, 1.165) is 23.2 Å². The number of amides is 1. The summed E-state index contributed by atoms with van der Waals surface area (Å²) in [4.78, 5) is 17.5. The number of methoxy groups -OCH3 is 1. The molecule has 7 heteroatoms. The van der Waals surface area contributed by atoms with Crippen LogP contribution in [0.1, 0.15) is 31.4 Å². The van der Waals surface area contributed by atoms with Crippen molar-refractivity contribution in [1.29, 1.82) is 0 Å². The Kier molecular flexibility index (Phi) is 6.87. The van der Waals surface area contributed by atoms with E-state index in [-0.39, 0.29) is 12.0 Å². The summed E-state index contributed by atoms with van der Waals surface area (Å²) in [5.74, 6) is 0.843. The zero-order valence-corrected chi connectivity index (χ0v) is 18.4. The fraction of sp³-hybridized carbons (Fsp3) is 0.273. The Morgan fingerprint density at radius 3 is 2.76 bits per heavy atom. The van der Waals surface area contributed by atoms with Crippen molar-refractivity contribution in [3.05, 3.63) is 57.5 Å². The molecular weight excluding hydrogens is 408 g/mol. The summed E-state index contributed by atoms with van der Waals surface area (Å²) < 4.78 is 11.3. The molecule has 2 aromatic rings. The van der Waals surface area contributed by atoms with Crippen molar-refractivity contribution < 1.29 is 14.3 Å². The molecule has 1 aliphatic heterocycles. The molecule has 1 N–H and O–H groups in total. The molecule has 1 aliphatic rings. The molecule has 29 heavy (non-hydrogen) atoms. The number of carbonyl (C=O) groups excluding carboxylic acids is 1. The van der Waals surface area contributed by atoms with Crippen molar-refractivity contribution in [1.82, 2.24) is 5.32 Å². The average Bonchev–Trinajstić information content (AvgIpc) is 3.04. The highest BCUT2D eigenvalue weighted by molar-refractivity contribution is 8.18. The van der Waals surface area contributed by atoms with Crippen LogP contribution in [0, 0.1) is 6.92 Å². The van der Waals surface area contributed by atoms with Gasteiger partial charge in [-0.15, -0.1) is 0 Å². The molecule has 0 aromatic heterocycles. The zero-order valence-electron chi connectivity index (χ0n) is 16.8. The number of aryl methyl sites for hydroxylation is 1. The molecule has 1 heterocycles. The Labute approximate surface area is 180 Å². The molecule has 1 amide bonds. The van der Waals surface area contributed by atoms with Gasteiger partial charge in [0.15, 0.2) is 16.7 Å². The van der Waals surface area contributed by atoms with Gasteiger partial charge in [-0.3, -0.25) is 4.79 Å². The van der Waals surface area contributed by atoms with Crippen LogP contribution in [0.2, 0.25) is 5.02 Å². The Bertz CT molecular complexity index is 988. The van der Waals surface area contributed by atoms with Gasteiger partial charge in [-0.05, 0) is 67.4 Å². The maximum Gasteiger partial charge on any atom is 0.264 e. The smallest absolute Gasteiger partial charge is 0.264 e. The lowest BCUT2D eigenvalue weighted by Crippen LogP contribution is -2.19. The summed E-state index contributed by atoms with van der Waals surface area (Å²) in [6.07, 6.45) is 2.63. The number of carbonyl (C=O) groups is 1. The molecule has 3 rings (SSSR count). The monoisotopic (exact) mass is 430 g/mol. The van der Waals surface area contributed by atoms with E-state index in [1.54, 1.807) is 25.3 Å². The molecule has 1 unspecified atom stereocenters. The van der Waals surface area contributed by atoms with Crippen molar-refractivity contribution in [3.8, 4) is 11.5 Å². The maximum absolute atomic E-state index is 12.4. The van der Waals surface area contributed by atoms with E-state index in [0.29, 0.717) is 26.6 Å². The van der Waals surface area contributed by atoms with Crippen molar-refractivity contribution in [2.45, 2.75) is 33.3 Å². The van der Waals surface area contributed by atoms with Crippen LogP contribution in [0.25, 0.3) is 6.08 Å². The fourth-order valence-corrected chi connectivity index (χ4v) is 3.75. The van der Waals surface area contributed by atoms with Crippen molar-refractivity contribution in [2.75, 3.05) is 7.11 Å². The van der Waals surface area contributed by atoms with E-state index >= 15 is 0 Å². The Hall–Kier alpha value is -2.44. The number of rotatable bonds is 6. The van der Waals surface area contributed by atoms with Crippen molar-refractivity contribution in [3.63, 3.8) is 0 Å². The van der Waals surface area contributed by atoms with Crippen LogP contribution in [0.4, 0.5) is 5.69 Å². The van der Waals surface area contributed by atoms with Gasteiger partial charge in [-0.1, -0.05) is 36.7 Å². The summed E-state index contributed by atoms with van der Waals surface area (Å²) in [7, 11) is 1.57. The summed E-state index contributed by atoms with van der Waals surface area (Å²) in [6.45, 7) is 5.99. The number of nitrogens with one attached hydrogen (secondary N) is 1.